The molecule has 1 aliphatic carbocycles. The molecule has 0 unspecified atom stereocenters. The van der Waals surface area contributed by atoms with E-state index in [-0.39, 0.29) is 11.4 Å². The van der Waals surface area contributed by atoms with Crippen LogP contribution in [0.1, 0.15) is 32.1 Å². The number of thiol groups is 1. The normalized spacial score (nSPS) is 18.8. The number of halogens is 1. The van der Waals surface area contributed by atoms with E-state index in [1.165, 1.54) is 19.3 Å². The minimum atomic E-state index is -0.574. The zero-order valence-electron chi connectivity index (χ0n) is 9.88. The van der Waals surface area contributed by atoms with Crippen LogP contribution in [0.2, 0.25) is 0 Å². The molecule has 1 heterocycles. The molecule has 0 radical (unpaired) electrons. The van der Waals surface area contributed by atoms with Crippen LogP contribution >= 0.6 is 28.6 Å². The summed E-state index contributed by atoms with van der Waals surface area (Å²) in [5.74, 6) is 0.416. The molecule has 0 amide bonds. The van der Waals surface area contributed by atoms with Gasteiger partial charge in [-0.05, 0) is 28.5 Å². The van der Waals surface area contributed by atoms with Crippen molar-refractivity contribution in [2.75, 3.05) is 5.75 Å². The molecule has 0 aliphatic heterocycles. The molecule has 0 spiro atoms. The average molecular weight is 335 g/mol. The SMILES string of the molecule is O=[N+]([O-])c1nc(Br)n(CC2(CS)CCCCC2)n1. The third-order valence-corrected chi connectivity index (χ3v) is 4.77. The van der Waals surface area contributed by atoms with Crippen molar-refractivity contribution in [3.05, 3.63) is 14.8 Å². The Balaban J connectivity index is 2.18. The van der Waals surface area contributed by atoms with E-state index in [1.54, 1.807) is 4.68 Å². The highest BCUT2D eigenvalue weighted by Crippen LogP contribution is 2.39. The Kier molecular flexibility index (Phi) is 4.26. The van der Waals surface area contributed by atoms with Crippen LogP contribution < -0.4 is 0 Å². The largest absolute Gasteiger partial charge is 0.492 e. The molecular weight excluding hydrogens is 320 g/mol. The lowest BCUT2D eigenvalue weighted by Crippen LogP contribution is -2.32. The zero-order chi connectivity index (χ0) is 13.2. The van der Waals surface area contributed by atoms with Crippen molar-refractivity contribution in [3.8, 4) is 0 Å². The standard InChI is InChI=1S/C10H15BrN4O2S/c11-8-12-9(15(16)17)13-14(8)6-10(7-18)4-2-1-3-5-10/h18H,1-7H2. The maximum absolute atomic E-state index is 10.6. The molecule has 0 N–H and O–H groups in total. The van der Waals surface area contributed by atoms with E-state index in [4.69, 9.17) is 0 Å². The van der Waals surface area contributed by atoms with E-state index in [0.29, 0.717) is 11.3 Å². The molecule has 0 saturated heterocycles. The minimum Gasteiger partial charge on any atom is -0.390 e. The summed E-state index contributed by atoms with van der Waals surface area (Å²) >= 11 is 7.68. The Labute approximate surface area is 119 Å². The summed E-state index contributed by atoms with van der Waals surface area (Å²) in [6.45, 7) is 0.637. The quantitative estimate of drug-likeness (QED) is 0.522. The molecule has 100 valence electrons. The molecule has 8 heteroatoms. The van der Waals surface area contributed by atoms with Gasteiger partial charge < -0.3 is 10.1 Å². The van der Waals surface area contributed by atoms with Crippen molar-refractivity contribution in [2.24, 2.45) is 5.41 Å². The number of nitro groups is 1. The predicted octanol–water partition coefficient (Wildman–Crippen LogP) is 2.83. The first-order chi connectivity index (χ1) is 8.56. The van der Waals surface area contributed by atoms with Gasteiger partial charge in [0.15, 0.2) is 0 Å². The van der Waals surface area contributed by atoms with Gasteiger partial charge in [0.05, 0.1) is 6.54 Å². The molecule has 0 bridgehead atoms. The lowest BCUT2D eigenvalue weighted by atomic mass is 9.75. The molecule has 1 aliphatic rings. The number of aromatic nitrogens is 3. The van der Waals surface area contributed by atoms with Crippen molar-refractivity contribution < 1.29 is 4.92 Å². The van der Waals surface area contributed by atoms with Gasteiger partial charge in [0.1, 0.15) is 0 Å². The van der Waals surface area contributed by atoms with Crippen LogP contribution in [-0.2, 0) is 6.54 Å². The molecule has 2 rings (SSSR count). The molecule has 1 aromatic heterocycles. The Hall–Kier alpha value is -0.630. The summed E-state index contributed by atoms with van der Waals surface area (Å²) < 4.78 is 2.00. The molecule has 0 atom stereocenters. The smallest absolute Gasteiger partial charge is 0.390 e. The molecule has 1 fully saturated rings. The first-order valence-electron chi connectivity index (χ1n) is 5.92. The van der Waals surface area contributed by atoms with Crippen molar-refractivity contribution >= 4 is 34.5 Å². The van der Waals surface area contributed by atoms with Crippen LogP contribution in [0.25, 0.3) is 0 Å². The van der Waals surface area contributed by atoms with Crippen molar-refractivity contribution in [3.63, 3.8) is 0 Å². The van der Waals surface area contributed by atoms with Crippen LogP contribution in [0.3, 0.4) is 0 Å². The Morgan fingerprint density at radius 2 is 2.11 bits per heavy atom. The monoisotopic (exact) mass is 334 g/mol. The Morgan fingerprint density at radius 3 is 2.61 bits per heavy atom. The maximum atomic E-state index is 10.6. The summed E-state index contributed by atoms with van der Waals surface area (Å²) in [6.07, 6.45) is 5.82. The van der Waals surface area contributed by atoms with E-state index in [0.717, 1.165) is 18.6 Å². The highest BCUT2D eigenvalue weighted by molar-refractivity contribution is 9.10. The topological polar surface area (TPSA) is 73.8 Å². The first-order valence-corrected chi connectivity index (χ1v) is 7.34. The van der Waals surface area contributed by atoms with Crippen molar-refractivity contribution in [1.82, 2.24) is 14.8 Å². The second-order valence-electron chi connectivity index (χ2n) is 4.81. The maximum Gasteiger partial charge on any atom is 0.492 e. The number of hydrogen-bond donors (Lipinski definition) is 1. The predicted molar refractivity (Wildman–Crippen MR) is 73.7 cm³/mol. The van der Waals surface area contributed by atoms with Gasteiger partial charge >= 0.3 is 5.95 Å². The van der Waals surface area contributed by atoms with Crippen LogP contribution in [0.5, 0.6) is 0 Å². The van der Waals surface area contributed by atoms with Crippen LogP contribution in [0.4, 0.5) is 5.95 Å². The molecule has 18 heavy (non-hydrogen) atoms. The van der Waals surface area contributed by atoms with Crippen molar-refractivity contribution in [1.29, 1.82) is 0 Å². The molecule has 0 aromatic carbocycles. The minimum absolute atomic E-state index is 0.0887. The number of hydrogen-bond acceptors (Lipinski definition) is 5. The summed E-state index contributed by atoms with van der Waals surface area (Å²) in [4.78, 5) is 13.9. The number of rotatable bonds is 4. The Bertz CT molecular complexity index is 445. The van der Waals surface area contributed by atoms with Gasteiger partial charge in [0, 0.05) is 26.4 Å². The van der Waals surface area contributed by atoms with E-state index >= 15 is 0 Å². The highest BCUT2D eigenvalue weighted by Gasteiger charge is 2.34. The first kappa shape index (κ1) is 13.8. The molecule has 1 aromatic rings. The molecule has 1 saturated carbocycles. The third-order valence-electron chi connectivity index (χ3n) is 3.51. The zero-order valence-corrected chi connectivity index (χ0v) is 12.4. The highest BCUT2D eigenvalue weighted by atomic mass is 79.9. The van der Waals surface area contributed by atoms with E-state index in [9.17, 15) is 10.1 Å². The number of nitrogens with zero attached hydrogens (tertiary/aromatic N) is 4. The summed E-state index contributed by atoms with van der Waals surface area (Å²) in [5.41, 5.74) is 0.0887. The van der Waals surface area contributed by atoms with Gasteiger partial charge in [-0.15, -0.1) is 0 Å². The third kappa shape index (κ3) is 2.85. The van der Waals surface area contributed by atoms with Crippen LogP contribution in [0, 0.1) is 15.5 Å². The fraction of sp³-hybridized carbons (Fsp3) is 0.800. The molecule has 6 nitrogen and oxygen atoms in total. The summed E-state index contributed by atoms with van der Waals surface area (Å²) in [7, 11) is 0. The van der Waals surface area contributed by atoms with Crippen LogP contribution in [-0.4, -0.2) is 25.4 Å². The summed E-state index contributed by atoms with van der Waals surface area (Å²) in [6, 6.07) is 0. The van der Waals surface area contributed by atoms with E-state index in [2.05, 4.69) is 38.6 Å². The van der Waals surface area contributed by atoms with Gasteiger partial charge in [0.25, 0.3) is 4.73 Å². The lowest BCUT2D eigenvalue weighted by Gasteiger charge is -2.35. The van der Waals surface area contributed by atoms with Gasteiger partial charge in [-0.2, -0.15) is 17.3 Å². The second-order valence-corrected chi connectivity index (χ2v) is 5.84. The van der Waals surface area contributed by atoms with Crippen molar-refractivity contribution in [2.45, 2.75) is 38.6 Å². The van der Waals surface area contributed by atoms with Gasteiger partial charge in [-0.1, -0.05) is 19.3 Å². The van der Waals surface area contributed by atoms with E-state index in [1.807, 2.05) is 0 Å². The Morgan fingerprint density at radius 1 is 1.44 bits per heavy atom. The fourth-order valence-electron chi connectivity index (χ4n) is 2.48. The van der Waals surface area contributed by atoms with Gasteiger partial charge in [0.2, 0.25) is 0 Å². The van der Waals surface area contributed by atoms with Gasteiger partial charge in [-0.3, -0.25) is 0 Å². The second kappa shape index (κ2) is 5.56. The average Bonchev–Trinajstić information content (AvgIpc) is 2.72. The summed E-state index contributed by atoms with van der Waals surface area (Å²) in [5, 5.41) is 14.6. The van der Waals surface area contributed by atoms with Crippen LogP contribution in [0.15, 0.2) is 4.73 Å². The fourth-order valence-corrected chi connectivity index (χ4v) is 3.25. The van der Waals surface area contributed by atoms with E-state index < -0.39 is 4.92 Å². The molecular formula is C10H15BrN4O2S. The lowest BCUT2D eigenvalue weighted by molar-refractivity contribution is -0.394. The van der Waals surface area contributed by atoms with Gasteiger partial charge in [-0.25, -0.2) is 0 Å².